The van der Waals surface area contributed by atoms with Crippen molar-refractivity contribution in [3.8, 4) is 51.9 Å². The van der Waals surface area contributed by atoms with E-state index < -0.39 is 18.3 Å². The molecule has 0 aromatic heterocycles. The lowest BCUT2D eigenvalue weighted by atomic mass is 9.64. The number of nitrogens with zero attached hydrogens (tertiary/aromatic N) is 1. The van der Waals surface area contributed by atoms with E-state index in [4.69, 9.17) is 29.7 Å². The topological polar surface area (TPSA) is 185 Å². The van der Waals surface area contributed by atoms with Crippen LogP contribution in [0.2, 0.25) is 0 Å². The van der Waals surface area contributed by atoms with Crippen LogP contribution in [0.3, 0.4) is 0 Å². The highest BCUT2D eigenvalue weighted by atomic mass is 16.5. The Morgan fingerprint density at radius 2 is 1.85 bits per heavy atom. The first-order valence-corrected chi connectivity index (χ1v) is 27.2. The average Bonchev–Trinajstić information content (AvgIpc) is 3.79. The Labute approximate surface area is 426 Å². The van der Waals surface area contributed by atoms with Crippen LogP contribution in [0.4, 0.5) is 0 Å². The van der Waals surface area contributed by atoms with Crippen LogP contribution in [-0.4, -0.2) is 77.8 Å². The first kappa shape index (κ1) is 50.3. The Kier molecular flexibility index (Phi) is 14.9. The number of rotatable bonds is 7. The van der Waals surface area contributed by atoms with E-state index in [1.165, 1.54) is 0 Å². The van der Waals surface area contributed by atoms with Gasteiger partial charge >= 0.3 is 0 Å². The Hall–Kier alpha value is -5.22. The van der Waals surface area contributed by atoms with Gasteiger partial charge in [0.2, 0.25) is 0 Å². The van der Waals surface area contributed by atoms with Crippen LogP contribution in [0, 0.1) is 64.8 Å². The monoisotopic (exact) mass is 984 g/mol. The van der Waals surface area contributed by atoms with Crippen molar-refractivity contribution in [2.45, 2.75) is 147 Å². The Bertz CT molecular complexity index is 2600. The van der Waals surface area contributed by atoms with Gasteiger partial charge in [-0.2, -0.15) is 0 Å². The third-order valence-corrected chi connectivity index (χ3v) is 18.3. The molecule has 0 saturated heterocycles. The Morgan fingerprint density at radius 3 is 2.64 bits per heavy atom. The molecule has 13 atom stereocenters. The molecule has 2 saturated carbocycles. The van der Waals surface area contributed by atoms with Crippen molar-refractivity contribution in [2.24, 2.45) is 63.5 Å². The number of phenolic OH excluding ortho intramolecular Hbond substituents is 1. The zero-order chi connectivity index (χ0) is 50.3. The summed E-state index contributed by atoms with van der Waals surface area (Å²) in [5, 5.41) is 50.3. The highest BCUT2D eigenvalue weighted by Gasteiger charge is 2.47. The second kappa shape index (κ2) is 21.3. The van der Waals surface area contributed by atoms with E-state index in [2.05, 4.69) is 56.3 Å². The molecule has 12 heteroatoms. The lowest BCUT2D eigenvalue weighted by molar-refractivity contribution is -0.109. The summed E-state index contributed by atoms with van der Waals surface area (Å²) in [6.45, 7) is 7.55. The number of phenols is 1. The molecule has 386 valence electrons. The SMILES string of the molecule is CC[C@H]1C[C@@H]2C=C[C@H]1C[C@@H](O)C[C@]1(CCC[C@H]1CC=O)CN=C(N)NCC[C@@H]1[C@@H](CO)CC[C@H]3CC#COc4ccc(cc4O[C@H]31)[C@@H]1Oc3cc(OC)c4c(c3C[C@H]1O)[C@H]2Cc1cc(O)c(CC(C)C)cc1-4. The maximum absolute atomic E-state index is 12.4. The van der Waals surface area contributed by atoms with Gasteiger partial charge in [-0.25, -0.2) is 0 Å². The summed E-state index contributed by atoms with van der Waals surface area (Å²) < 4.78 is 26.6. The van der Waals surface area contributed by atoms with Gasteiger partial charge < -0.3 is 55.2 Å². The van der Waals surface area contributed by atoms with Crippen molar-refractivity contribution < 1.29 is 44.2 Å². The molecular weight excluding hydrogens is 907 g/mol. The molecule has 72 heavy (non-hydrogen) atoms. The number of aliphatic imine (C=N–C) groups is 1. The number of nitrogens with two attached hydrogens (primary N) is 1. The molecular formula is C60H77N3O9. The maximum Gasteiger partial charge on any atom is 0.188 e. The van der Waals surface area contributed by atoms with E-state index >= 15 is 0 Å². The maximum atomic E-state index is 12.4. The first-order valence-electron chi connectivity index (χ1n) is 27.2. The molecule has 4 aliphatic carbocycles. The van der Waals surface area contributed by atoms with Crippen molar-refractivity contribution in [1.82, 2.24) is 5.32 Å². The molecule has 10 aliphatic rings. The third kappa shape index (κ3) is 9.82. The van der Waals surface area contributed by atoms with Gasteiger partial charge in [0.05, 0.1) is 19.3 Å². The van der Waals surface area contributed by atoms with Crippen LogP contribution in [-0.2, 0) is 24.1 Å². The normalized spacial score (nSPS) is 32.9. The van der Waals surface area contributed by atoms with Crippen LogP contribution >= 0.6 is 0 Å². The largest absolute Gasteiger partial charge is 0.508 e. The quantitative estimate of drug-likeness (QED) is 0.0754. The highest BCUT2D eigenvalue weighted by Crippen LogP contribution is 2.57. The zero-order valence-corrected chi connectivity index (χ0v) is 42.8. The number of aliphatic hydroxyl groups excluding tert-OH is 3. The van der Waals surface area contributed by atoms with Gasteiger partial charge in [0.25, 0.3) is 0 Å². The third-order valence-electron chi connectivity index (χ3n) is 18.3. The van der Waals surface area contributed by atoms with Gasteiger partial charge in [0.1, 0.15) is 41.8 Å². The number of carbonyl (C=O) groups excluding carboxylic acids is 1. The number of aldehydes is 1. The first-order chi connectivity index (χ1) is 34.9. The molecule has 7 N–H and O–H groups in total. The summed E-state index contributed by atoms with van der Waals surface area (Å²) in [4.78, 5) is 17.1. The Morgan fingerprint density at radius 1 is 1.00 bits per heavy atom. The number of carbonyl (C=O) groups is 1. The fourth-order valence-corrected chi connectivity index (χ4v) is 14.7. The number of hydrogen-bond donors (Lipinski definition) is 6. The van der Waals surface area contributed by atoms with E-state index in [1.54, 1.807) is 7.11 Å². The van der Waals surface area contributed by atoms with Crippen molar-refractivity contribution in [3.05, 3.63) is 76.4 Å². The number of hydrogen-bond acceptors (Lipinski definition) is 12. The second-order valence-corrected chi connectivity index (χ2v) is 23.0. The Balaban J connectivity index is 1.09. The smallest absolute Gasteiger partial charge is 0.188 e. The van der Waals surface area contributed by atoms with Gasteiger partial charge in [-0.1, -0.05) is 57.8 Å². The van der Waals surface area contributed by atoms with Gasteiger partial charge in [0, 0.05) is 68.0 Å². The number of ether oxygens (including phenoxy) is 4. The molecule has 2 fully saturated rings. The molecule has 6 heterocycles. The van der Waals surface area contributed by atoms with E-state index in [-0.39, 0.29) is 59.6 Å². The van der Waals surface area contributed by atoms with Crippen LogP contribution < -0.4 is 30.0 Å². The fraction of sp³-hybridized carbons (Fsp3) is 0.600. The van der Waals surface area contributed by atoms with Crippen LogP contribution in [0.1, 0.15) is 138 Å². The lowest BCUT2D eigenvalue weighted by Crippen LogP contribution is -2.46. The number of allylic oxidation sites excluding steroid dienone is 2. The number of guanidine groups is 1. The summed E-state index contributed by atoms with van der Waals surface area (Å²) in [5.41, 5.74) is 13.2. The second-order valence-electron chi connectivity index (χ2n) is 23.0. The molecule has 0 amide bonds. The minimum Gasteiger partial charge on any atom is -0.508 e. The van der Waals surface area contributed by atoms with Crippen molar-refractivity contribution in [2.75, 3.05) is 26.8 Å². The molecule has 9 bridgehead atoms. The molecule has 13 rings (SSSR count). The molecule has 3 aromatic carbocycles. The standard InChI is InChI=1S/C60H77N3O9/c1-5-35-23-38-12-11-37(35)24-44(66)31-60(18-6-9-43(60)17-20-64)33-63-59(61)62-19-16-45-40(32-65)13-10-36-8-7-21-70-51-15-14-39(28-53(51)72-57(36)45)58-50(68)29-48-52(71-58)30-54(69-4)56-47-26-42(22-34(2)3)49(67)27-41(47)25-46(38)55(48)56/h11-12,14-15,20,26-28,30,34-38,40,43-46,50,57-58,65-68H,5-6,8-10,13,16-19,22-25,29,31-33H2,1-4H3,(H3,61,62,63)/t35-,36+,37-,38-,40+,43-,44+,45+,46-,50+,57+,58-,60+/m0/s1. The van der Waals surface area contributed by atoms with Crippen LogP contribution in [0.25, 0.3) is 11.1 Å². The molecule has 1 spiro atoms. The number of nitrogens with one attached hydrogen (secondary N) is 1. The van der Waals surface area contributed by atoms with E-state index in [0.717, 1.165) is 96.6 Å². The van der Waals surface area contributed by atoms with Crippen LogP contribution in [0.5, 0.6) is 28.7 Å². The minimum absolute atomic E-state index is 0.00624. The minimum atomic E-state index is -0.903. The van der Waals surface area contributed by atoms with Gasteiger partial charge in [-0.3, -0.25) is 4.99 Å². The van der Waals surface area contributed by atoms with Gasteiger partial charge in [-0.15, -0.1) is 0 Å². The molecule has 0 unspecified atom stereocenters. The van der Waals surface area contributed by atoms with Gasteiger partial charge in [-0.05, 0) is 163 Å². The number of methoxy groups -OCH3 is 1. The predicted molar refractivity (Wildman–Crippen MR) is 278 cm³/mol. The van der Waals surface area contributed by atoms with Crippen molar-refractivity contribution in [1.29, 1.82) is 0 Å². The molecule has 0 radical (unpaired) electrons. The number of aromatic hydroxyl groups is 1. The summed E-state index contributed by atoms with van der Waals surface area (Å²) >= 11 is 0. The molecule has 3 aromatic rings. The highest BCUT2D eigenvalue weighted by molar-refractivity contribution is 5.84. The number of benzene rings is 3. The lowest BCUT2D eigenvalue weighted by Gasteiger charge is -2.43. The predicted octanol–water partition coefficient (Wildman–Crippen LogP) is 9.11. The zero-order valence-electron chi connectivity index (χ0n) is 42.8. The van der Waals surface area contributed by atoms with Crippen molar-refractivity contribution in [3.63, 3.8) is 0 Å². The van der Waals surface area contributed by atoms with E-state index in [9.17, 15) is 25.2 Å². The summed E-state index contributed by atoms with van der Waals surface area (Å²) in [7, 11) is 1.71. The summed E-state index contributed by atoms with van der Waals surface area (Å²) in [5.74, 6) is 7.34. The van der Waals surface area contributed by atoms with Crippen molar-refractivity contribution >= 4 is 12.2 Å². The van der Waals surface area contributed by atoms with Gasteiger partial charge in [0.15, 0.2) is 17.5 Å². The molecule has 6 aliphatic heterocycles. The van der Waals surface area contributed by atoms with Crippen LogP contribution in [0.15, 0.2) is 53.5 Å². The summed E-state index contributed by atoms with van der Waals surface area (Å²) in [6, 6.07) is 11.8. The summed E-state index contributed by atoms with van der Waals surface area (Å²) in [6.07, 6.45) is 17.1. The molecule has 12 nitrogen and oxygen atoms in total. The average molecular weight is 984 g/mol. The fourth-order valence-electron chi connectivity index (χ4n) is 14.7. The number of fused-ring (bicyclic) bond motifs is 2. The van der Waals surface area contributed by atoms with E-state index in [1.807, 2.05) is 30.3 Å². The number of aliphatic hydroxyl groups is 3. The van der Waals surface area contributed by atoms with E-state index in [0.29, 0.717) is 105 Å².